The lowest BCUT2D eigenvalue weighted by atomic mass is 9.98. The van der Waals surface area contributed by atoms with E-state index in [9.17, 15) is 9.59 Å². The van der Waals surface area contributed by atoms with Gasteiger partial charge in [0, 0.05) is 49.4 Å². The lowest BCUT2D eigenvalue weighted by Gasteiger charge is -2.29. The normalized spacial score (nSPS) is 18.4. The summed E-state index contributed by atoms with van der Waals surface area (Å²) in [5.74, 6) is 0.118. The minimum atomic E-state index is 0.0470. The Hall–Kier alpha value is -3.26. The van der Waals surface area contributed by atoms with Gasteiger partial charge in [0.2, 0.25) is 5.91 Å². The van der Waals surface area contributed by atoms with E-state index in [1.165, 1.54) is 5.56 Å². The molecule has 1 fully saturated rings. The molecule has 0 unspecified atom stereocenters. The Kier molecular flexibility index (Phi) is 5.38. The largest absolute Gasteiger partial charge is 0.338 e. The lowest BCUT2D eigenvalue weighted by molar-refractivity contribution is -0.131. The Balaban J connectivity index is 1.26. The van der Waals surface area contributed by atoms with E-state index in [1.807, 2.05) is 46.5 Å². The van der Waals surface area contributed by atoms with Crippen molar-refractivity contribution in [2.24, 2.45) is 0 Å². The van der Waals surface area contributed by atoms with E-state index < -0.39 is 0 Å². The van der Waals surface area contributed by atoms with Crippen molar-refractivity contribution in [2.45, 2.75) is 31.8 Å². The van der Waals surface area contributed by atoms with E-state index in [-0.39, 0.29) is 18.2 Å². The van der Waals surface area contributed by atoms with Crippen LogP contribution in [0.25, 0.3) is 11.0 Å². The van der Waals surface area contributed by atoms with Gasteiger partial charge in [0.05, 0.1) is 12.6 Å². The highest BCUT2D eigenvalue weighted by Gasteiger charge is 2.28. The maximum Gasteiger partial charge on any atom is 0.253 e. The zero-order chi connectivity index (χ0) is 22.2. The van der Waals surface area contributed by atoms with Crippen LogP contribution in [0.1, 0.15) is 33.5 Å². The Bertz CT molecular complexity index is 1170. The first kappa shape index (κ1) is 20.6. The van der Waals surface area contributed by atoms with Gasteiger partial charge < -0.3 is 14.7 Å². The van der Waals surface area contributed by atoms with Crippen molar-refractivity contribution >= 4 is 22.8 Å². The van der Waals surface area contributed by atoms with E-state index >= 15 is 0 Å². The number of fused-ring (bicyclic) bond motifs is 3. The van der Waals surface area contributed by atoms with Crippen LogP contribution in [-0.2, 0) is 24.2 Å². The molecule has 2 aromatic heterocycles. The molecular weight excluding hydrogens is 404 g/mol. The number of pyridine rings is 1. The zero-order valence-corrected chi connectivity index (χ0v) is 18.5. The van der Waals surface area contributed by atoms with Gasteiger partial charge in [-0.25, -0.2) is 4.98 Å². The molecule has 0 aliphatic carbocycles. The van der Waals surface area contributed by atoms with Gasteiger partial charge in [0.15, 0.2) is 5.65 Å². The Morgan fingerprint density at radius 1 is 1.19 bits per heavy atom. The highest BCUT2D eigenvalue weighted by molar-refractivity contribution is 5.95. The predicted octanol–water partition coefficient (Wildman–Crippen LogP) is 1.86. The molecule has 8 heteroatoms. The van der Waals surface area contributed by atoms with Gasteiger partial charge in [-0.2, -0.15) is 5.10 Å². The van der Waals surface area contributed by atoms with Crippen molar-refractivity contribution in [3.63, 3.8) is 0 Å². The van der Waals surface area contributed by atoms with E-state index in [2.05, 4.69) is 34.2 Å². The van der Waals surface area contributed by atoms with Crippen molar-refractivity contribution < 1.29 is 9.59 Å². The van der Waals surface area contributed by atoms with Crippen molar-refractivity contribution in [3.05, 3.63) is 58.9 Å². The SMILES string of the molecule is CN(C)[C@@H]1CCN(C(=O)c2cccc(CC(=O)N3CCc4c(cnc5[nH]ncc45)C3)c2)C1. The molecule has 0 radical (unpaired) electrons. The monoisotopic (exact) mass is 432 g/mol. The molecule has 1 N–H and O–H groups in total. The summed E-state index contributed by atoms with van der Waals surface area (Å²) in [6.45, 7) is 2.76. The number of hydrogen-bond acceptors (Lipinski definition) is 5. The number of benzene rings is 1. The van der Waals surface area contributed by atoms with Crippen LogP contribution < -0.4 is 0 Å². The average molecular weight is 433 g/mol. The van der Waals surface area contributed by atoms with Gasteiger partial charge in [-0.1, -0.05) is 12.1 Å². The van der Waals surface area contributed by atoms with Crippen LogP contribution in [-0.4, -0.2) is 81.5 Å². The standard InChI is InChI=1S/C24H28N6O2/c1-28(2)19-6-8-30(15-19)24(32)17-5-3-4-16(10-17)11-22(31)29-9-7-20-18(14-29)12-25-23-21(20)13-26-27-23/h3-5,10,12-13,19H,6-9,11,14-15H2,1-2H3,(H,25,26,27)/t19-/m1/s1. The van der Waals surface area contributed by atoms with Crippen LogP contribution in [0.2, 0.25) is 0 Å². The number of likely N-dealkylation sites (tertiary alicyclic amines) is 1. The van der Waals surface area contributed by atoms with Gasteiger partial charge in [-0.3, -0.25) is 14.7 Å². The molecule has 1 aromatic carbocycles. The highest BCUT2D eigenvalue weighted by Crippen LogP contribution is 2.25. The van der Waals surface area contributed by atoms with Crippen molar-refractivity contribution in [3.8, 4) is 0 Å². The fraction of sp³-hybridized carbons (Fsp3) is 0.417. The number of aromatic nitrogens is 3. The topological polar surface area (TPSA) is 85.4 Å². The maximum absolute atomic E-state index is 13.0. The maximum atomic E-state index is 13.0. The van der Waals surface area contributed by atoms with Crippen LogP contribution >= 0.6 is 0 Å². The fourth-order valence-electron chi connectivity index (χ4n) is 4.80. The summed E-state index contributed by atoms with van der Waals surface area (Å²) in [5, 5.41) is 8.03. The molecule has 0 bridgehead atoms. The molecule has 32 heavy (non-hydrogen) atoms. The summed E-state index contributed by atoms with van der Waals surface area (Å²) in [6.07, 6.45) is 5.72. The molecule has 0 saturated carbocycles. The smallest absolute Gasteiger partial charge is 0.253 e. The first-order valence-corrected chi connectivity index (χ1v) is 11.1. The molecule has 8 nitrogen and oxygen atoms in total. The minimum Gasteiger partial charge on any atom is -0.338 e. The first-order valence-electron chi connectivity index (χ1n) is 11.1. The number of carbonyl (C=O) groups excluding carboxylic acids is 2. The number of nitrogens with one attached hydrogen (secondary N) is 1. The average Bonchev–Trinajstić information content (AvgIpc) is 3.48. The number of amides is 2. The molecule has 166 valence electrons. The number of hydrogen-bond donors (Lipinski definition) is 1. The molecule has 0 spiro atoms. The third kappa shape index (κ3) is 3.86. The Labute approximate surface area is 187 Å². The molecule has 1 atom stereocenters. The summed E-state index contributed by atoms with van der Waals surface area (Å²) < 4.78 is 0. The predicted molar refractivity (Wildman–Crippen MR) is 121 cm³/mol. The number of rotatable bonds is 4. The van der Waals surface area contributed by atoms with Gasteiger partial charge >= 0.3 is 0 Å². The lowest BCUT2D eigenvalue weighted by Crippen LogP contribution is -2.37. The van der Waals surface area contributed by atoms with Crippen molar-refractivity contribution in [2.75, 3.05) is 33.7 Å². The molecule has 5 rings (SSSR count). The number of H-pyrrole nitrogens is 1. The number of likely N-dealkylation sites (N-methyl/N-ethyl adjacent to an activating group) is 1. The van der Waals surface area contributed by atoms with Crippen molar-refractivity contribution in [1.29, 1.82) is 0 Å². The van der Waals surface area contributed by atoms with Gasteiger partial charge in [0.25, 0.3) is 5.91 Å². The van der Waals surface area contributed by atoms with Gasteiger partial charge in [-0.15, -0.1) is 0 Å². The Morgan fingerprint density at radius 3 is 2.88 bits per heavy atom. The first-order chi connectivity index (χ1) is 15.5. The van der Waals surface area contributed by atoms with Crippen LogP contribution in [0, 0.1) is 0 Å². The van der Waals surface area contributed by atoms with Crippen LogP contribution in [0.3, 0.4) is 0 Å². The molecule has 3 aromatic rings. The zero-order valence-electron chi connectivity index (χ0n) is 18.5. The third-order valence-corrected chi connectivity index (χ3v) is 6.74. The summed E-state index contributed by atoms with van der Waals surface area (Å²) in [6, 6.07) is 7.93. The van der Waals surface area contributed by atoms with E-state index in [1.54, 1.807) is 0 Å². The van der Waals surface area contributed by atoms with Crippen LogP contribution in [0.5, 0.6) is 0 Å². The molecule has 1 saturated heterocycles. The second kappa shape index (κ2) is 8.35. The highest BCUT2D eigenvalue weighted by atomic mass is 16.2. The number of aromatic amines is 1. The molecule has 2 amide bonds. The fourth-order valence-corrected chi connectivity index (χ4v) is 4.80. The number of nitrogens with zero attached hydrogens (tertiary/aromatic N) is 5. The third-order valence-electron chi connectivity index (χ3n) is 6.74. The molecular formula is C24H28N6O2. The van der Waals surface area contributed by atoms with Crippen molar-refractivity contribution in [1.82, 2.24) is 29.9 Å². The number of carbonyl (C=O) groups is 2. The minimum absolute atomic E-state index is 0.0470. The second-order valence-corrected chi connectivity index (χ2v) is 8.99. The quantitative estimate of drug-likeness (QED) is 0.680. The van der Waals surface area contributed by atoms with Gasteiger partial charge in [-0.05, 0) is 55.8 Å². The van der Waals surface area contributed by atoms with Crippen LogP contribution in [0.15, 0.2) is 36.7 Å². The van der Waals surface area contributed by atoms with E-state index in [0.717, 1.165) is 48.1 Å². The summed E-state index contributed by atoms with van der Waals surface area (Å²) in [4.78, 5) is 36.4. The molecule has 2 aliphatic rings. The summed E-state index contributed by atoms with van der Waals surface area (Å²) >= 11 is 0. The molecule has 2 aliphatic heterocycles. The second-order valence-electron chi connectivity index (χ2n) is 8.99. The van der Waals surface area contributed by atoms with Gasteiger partial charge in [0.1, 0.15) is 0 Å². The van der Waals surface area contributed by atoms with Crippen LogP contribution in [0.4, 0.5) is 0 Å². The van der Waals surface area contributed by atoms with E-state index in [0.29, 0.717) is 24.7 Å². The molecule has 4 heterocycles. The van der Waals surface area contributed by atoms with E-state index in [4.69, 9.17) is 0 Å². The Morgan fingerprint density at radius 2 is 2.06 bits per heavy atom. The summed E-state index contributed by atoms with van der Waals surface area (Å²) in [5.41, 5.74) is 4.62. The summed E-state index contributed by atoms with van der Waals surface area (Å²) in [7, 11) is 4.11.